The fourth-order valence-electron chi connectivity index (χ4n) is 1.59. The largest absolute Gasteiger partial charge is 1.00 e. The molecule has 84 valence electrons. The quantitative estimate of drug-likeness (QED) is 0.689. The summed E-state index contributed by atoms with van der Waals surface area (Å²) in [6.45, 7) is 0.365. The first-order chi connectivity index (χ1) is 7.58. The summed E-state index contributed by atoms with van der Waals surface area (Å²) in [7, 11) is 0. The minimum atomic E-state index is -1.07. The summed E-state index contributed by atoms with van der Waals surface area (Å²) in [5, 5.41) is 12.3. The summed E-state index contributed by atoms with van der Waals surface area (Å²) in [6.07, 6.45) is 1.78. The molecule has 2 rings (SSSR count). The van der Waals surface area contributed by atoms with Crippen LogP contribution in [0, 0.1) is 0 Å². The third kappa shape index (κ3) is 3.70. The molecule has 0 atom stereocenters. The molecule has 0 unspecified atom stereocenters. The smallest absolute Gasteiger partial charge is 0.550 e. The first-order valence-electron chi connectivity index (χ1n) is 4.71. The van der Waals surface area contributed by atoms with Gasteiger partial charge in [-0.3, -0.25) is 0 Å². The zero-order valence-electron chi connectivity index (χ0n) is 9.24. The normalized spacial score (nSPS) is 10.2. The number of nitrogens with zero attached hydrogens (tertiary/aromatic N) is 1. The Balaban J connectivity index is 0.00000144. The molecule has 0 aliphatic heterocycles. The van der Waals surface area contributed by atoms with Crippen LogP contribution in [0.25, 0.3) is 10.9 Å². The topological polar surface area (TPSA) is 45.1 Å². The first-order valence-corrected chi connectivity index (χ1v) is 5.47. The number of aromatic nitrogens is 1. The van der Waals surface area contributed by atoms with E-state index in [4.69, 9.17) is 23.2 Å². The Labute approximate surface area is 151 Å². The van der Waals surface area contributed by atoms with Gasteiger partial charge >= 0.3 is 51.4 Å². The first kappa shape index (κ1) is 15.5. The van der Waals surface area contributed by atoms with Crippen molar-refractivity contribution in [3.8, 4) is 0 Å². The average Bonchev–Trinajstić information content (AvgIpc) is 2.58. The average molecular weight is 296 g/mol. The number of benzene rings is 1. The minimum Gasteiger partial charge on any atom is -0.550 e. The minimum absolute atomic E-state index is 0. The van der Waals surface area contributed by atoms with Crippen LogP contribution in [0.4, 0.5) is 0 Å². The van der Waals surface area contributed by atoms with Crippen molar-refractivity contribution in [3.63, 3.8) is 0 Å². The fraction of sp³-hybridized carbons (Fsp3) is 0.182. The number of fused-ring (bicyclic) bond motifs is 1. The van der Waals surface area contributed by atoms with E-state index in [2.05, 4.69) is 0 Å². The molecule has 0 saturated heterocycles. The second-order valence-corrected chi connectivity index (χ2v) is 4.27. The van der Waals surface area contributed by atoms with Crippen molar-refractivity contribution in [1.29, 1.82) is 0 Å². The van der Waals surface area contributed by atoms with Crippen LogP contribution >= 0.6 is 23.2 Å². The SMILES string of the molecule is O=C([O-])CCn1ccc2cc(Cl)c(Cl)cc21.[K+]. The van der Waals surface area contributed by atoms with Crippen LogP contribution in [0.15, 0.2) is 24.4 Å². The Kier molecular flexibility index (Phi) is 5.99. The maximum Gasteiger partial charge on any atom is 1.00 e. The summed E-state index contributed by atoms with van der Waals surface area (Å²) in [5.41, 5.74) is 0.871. The van der Waals surface area contributed by atoms with E-state index in [1.165, 1.54) is 0 Å². The molecule has 17 heavy (non-hydrogen) atoms. The second-order valence-electron chi connectivity index (χ2n) is 3.46. The van der Waals surface area contributed by atoms with Gasteiger partial charge in [0.1, 0.15) is 0 Å². The summed E-state index contributed by atoms with van der Waals surface area (Å²) >= 11 is 11.8. The number of hydrogen-bond donors (Lipinski definition) is 0. The van der Waals surface area contributed by atoms with Crippen LogP contribution < -0.4 is 56.5 Å². The van der Waals surface area contributed by atoms with Gasteiger partial charge in [0.2, 0.25) is 0 Å². The van der Waals surface area contributed by atoms with Gasteiger partial charge in [-0.2, -0.15) is 0 Å². The van der Waals surface area contributed by atoms with Gasteiger partial charge in [-0.1, -0.05) is 23.2 Å². The van der Waals surface area contributed by atoms with E-state index < -0.39 is 5.97 Å². The van der Waals surface area contributed by atoms with Gasteiger partial charge in [0.25, 0.3) is 0 Å². The molecule has 6 heteroatoms. The molecule has 0 spiro atoms. The van der Waals surface area contributed by atoms with Crippen molar-refractivity contribution in [3.05, 3.63) is 34.4 Å². The molecule has 3 nitrogen and oxygen atoms in total. The van der Waals surface area contributed by atoms with Crippen LogP contribution in [0.3, 0.4) is 0 Å². The van der Waals surface area contributed by atoms with E-state index in [0.29, 0.717) is 16.6 Å². The Morgan fingerprint density at radius 1 is 1.29 bits per heavy atom. The summed E-state index contributed by atoms with van der Waals surface area (Å²) in [4.78, 5) is 10.4. The molecule has 0 saturated carbocycles. The van der Waals surface area contributed by atoms with Gasteiger partial charge in [0.05, 0.1) is 10.0 Å². The number of aliphatic carboxylic acids is 1. The molecule has 2 aromatic rings. The zero-order valence-corrected chi connectivity index (χ0v) is 13.9. The number of carboxylic acid groups (broad SMARTS) is 1. The maximum absolute atomic E-state index is 10.4. The molecule has 1 heterocycles. The van der Waals surface area contributed by atoms with Crippen LogP contribution in [-0.4, -0.2) is 10.5 Å². The van der Waals surface area contributed by atoms with Crippen molar-refractivity contribution >= 4 is 40.1 Å². The Bertz CT molecular complexity index is 554. The number of halogens is 2. The molecule has 1 aromatic heterocycles. The number of carbonyl (C=O) groups excluding carboxylic acids is 1. The van der Waals surface area contributed by atoms with E-state index in [0.717, 1.165) is 10.9 Å². The van der Waals surface area contributed by atoms with Crippen LogP contribution in [0.2, 0.25) is 10.0 Å². The molecule has 0 aliphatic carbocycles. The molecule has 0 amide bonds. The Morgan fingerprint density at radius 2 is 1.94 bits per heavy atom. The maximum atomic E-state index is 10.4. The molecular weight excluding hydrogens is 288 g/mol. The molecule has 0 N–H and O–H groups in total. The van der Waals surface area contributed by atoms with E-state index in [1.54, 1.807) is 18.3 Å². The molecule has 0 radical (unpaired) electrons. The van der Waals surface area contributed by atoms with Gasteiger partial charge in [-0.15, -0.1) is 0 Å². The number of rotatable bonds is 3. The predicted molar refractivity (Wildman–Crippen MR) is 61.6 cm³/mol. The Morgan fingerprint density at radius 3 is 2.59 bits per heavy atom. The third-order valence-electron chi connectivity index (χ3n) is 2.37. The van der Waals surface area contributed by atoms with Gasteiger partial charge < -0.3 is 14.5 Å². The van der Waals surface area contributed by atoms with Crippen molar-refractivity contribution in [2.75, 3.05) is 0 Å². The van der Waals surface area contributed by atoms with Crippen molar-refractivity contribution in [1.82, 2.24) is 4.57 Å². The van der Waals surface area contributed by atoms with E-state index in [9.17, 15) is 9.90 Å². The van der Waals surface area contributed by atoms with E-state index in [-0.39, 0.29) is 57.8 Å². The van der Waals surface area contributed by atoms with Crippen molar-refractivity contribution < 1.29 is 61.3 Å². The summed E-state index contributed by atoms with van der Waals surface area (Å²) in [6, 6.07) is 5.36. The molecule has 0 fully saturated rings. The number of aryl methyl sites for hydroxylation is 1. The van der Waals surface area contributed by atoms with Gasteiger partial charge in [-0.25, -0.2) is 0 Å². The number of carboxylic acids is 1. The van der Waals surface area contributed by atoms with Gasteiger partial charge in [0.15, 0.2) is 0 Å². The van der Waals surface area contributed by atoms with Gasteiger partial charge in [0, 0.05) is 36.0 Å². The molecule has 0 bridgehead atoms. The van der Waals surface area contributed by atoms with Gasteiger partial charge in [-0.05, 0) is 18.2 Å². The van der Waals surface area contributed by atoms with Crippen LogP contribution in [0.5, 0.6) is 0 Å². The second kappa shape index (κ2) is 6.57. The predicted octanol–water partition coefficient (Wildman–Crippen LogP) is -0.908. The van der Waals surface area contributed by atoms with E-state index in [1.807, 2.05) is 10.6 Å². The Hall–Kier alpha value is 0.446. The fourth-order valence-corrected chi connectivity index (χ4v) is 1.92. The standard InChI is InChI=1S/C11H9Cl2NO2.K/c12-8-5-7-1-3-14(4-2-11(15)16)10(7)6-9(8)13;/h1,3,5-6H,2,4H2,(H,15,16);/q;+1/p-1. The molecular formula is C11H8Cl2KNO2. The van der Waals surface area contributed by atoms with Crippen molar-refractivity contribution in [2.45, 2.75) is 13.0 Å². The van der Waals surface area contributed by atoms with E-state index >= 15 is 0 Å². The number of carbonyl (C=O) groups is 1. The third-order valence-corrected chi connectivity index (χ3v) is 3.09. The molecule has 0 aliphatic rings. The molecule has 1 aromatic carbocycles. The monoisotopic (exact) mass is 295 g/mol. The van der Waals surface area contributed by atoms with Crippen LogP contribution in [-0.2, 0) is 11.3 Å². The van der Waals surface area contributed by atoms with Crippen molar-refractivity contribution in [2.24, 2.45) is 0 Å². The number of hydrogen-bond acceptors (Lipinski definition) is 2. The zero-order chi connectivity index (χ0) is 11.7. The summed E-state index contributed by atoms with van der Waals surface area (Å²) < 4.78 is 1.81. The van der Waals surface area contributed by atoms with Crippen LogP contribution in [0.1, 0.15) is 6.42 Å². The summed E-state index contributed by atoms with van der Waals surface area (Å²) in [5.74, 6) is -1.07.